The van der Waals surface area contributed by atoms with Gasteiger partial charge in [0.1, 0.15) is 17.9 Å². The van der Waals surface area contributed by atoms with Crippen LogP contribution in [0.5, 0.6) is 0 Å². The Morgan fingerprint density at radius 1 is 1.43 bits per heavy atom. The highest BCUT2D eigenvalue weighted by atomic mass is 16.2. The molecule has 1 amide bonds. The molecule has 0 atom stereocenters. The van der Waals surface area contributed by atoms with Crippen molar-refractivity contribution in [1.82, 2.24) is 14.9 Å². The summed E-state index contributed by atoms with van der Waals surface area (Å²) in [4.78, 5) is 20.7. The van der Waals surface area contributed by atoms with E-state index in [4.69, 9.17) is 0 Å². The average molecular weight is 286 g/mol. The average Bonchev–Trinajstić information content (AvgIpc) is 3.03. The van der Waals surface area contributed by atoms with Crippen molar-refractivity contribution in [1.29, 1.82) is 0 Å². The van der Waals surface area contributed by atoms with E-state index in [0.717, 1.165) is 12.8 Å². The van der Waals surface area contributed by atoms with Crippen molar-refractivity contribution in [3.8, 4) is 0 Å². The minimum atomic E-state index is -0.121. The lowest BCUT2D eigenvalue weighted by atomic mass is 9.95. The summed E-state index contributed by atoms with van der Waals surface area (Å²) >= 11 is 0. The quantitative estimate of drug-likeness (QED) is 0.525. The van der Waals surface area contributed by atoms with E-state index in [1.165, 1.54) is 19.3 Å². The predicted molar refractivity (Wildman–Crippen MR) is 84.0 cm³/mol. The lowest BCUT2D eigenvalue weighted by Crippen LogP contribution is -2.37. The van der Waals surface area contributed by atoms with Crippen LogP contribution in [0.25, 0.3) is 0 Å². The highest BCUT2D eigenvalue weighted by molar-refractivity contribution is 6.01. The molecule has 0 spiro atoms. The number of carbonyl (C=O) groups is 1. The van der Waals surface area contributed by atoms with Gasteiger partial charge in [0.25, 0.3) is 5.91 Å². The van der Waals surface area contributed by atoms with Gasteiger partial charge in [-0.1, -0.05) is 31.9 Å². The minimum Gasteiger partial charge on any atom is -0.348 e. The predicted octanol–water partition coefficient (Wildman–Crippen LogP) is 2.67. The van der Waals surface area contributed by atoms with Gasteiger partial charge in [-0.2, -0.15) is 0 Å². The van der Waals surface area contributed by atoms with Crippen LogP contribution < -0.4 is 5.32 Å². The first-order chi connectivity index (χ1) is 10.2. The maximum atomic E-state index is 12.3. The summed E-state index contributed by atoms with van der Waals surface area (Å²) in [6.45, 7) is 5.55. The van der Waals surface area contributed by atoms with E-state index in [1.807, 2.05) is 6.92 Å². The van der Waals surface area contributed by atoms with Gasteiger partial charge in [0, 0.05) is 18.4 Å². The Morgan fingerprint density at radius 3 is 2.76 bits per heavy atom. The highest BCUT2D eigenvalue weighted by Crippen LogP contribution is 2.17. The van der Waals surface area contributed by atoms with E-state index in [0.29, 0.717) is 11.5 Å². The van der Waals surface area contributed by atoms with Crippen LogP contribution in [-0.4, -0.2) is 27.3 Å². The smallest absolute Gasteiger partial charge is 0.269 e. The first-order valence-corrected chi connectivity index (χ1v) is 7.41. The second-order valence-corrected chi connectivity index (χ2v) is 5.13. The number of rotatable bonds is 4. The Morgan fingerprint density at radius 2 is 2.19 bits per heavy atom. The third-order valence-corrected chi connectivity index (χ3v) is 3.63. The standard InChI is InChI=1S/C16H22N4O/c1-3-14(16(21)18-13-8-6-5-7-9-13)19-15(4-2)20-11-10-17-12-20/h3-4,10-13H,2,5-9H2,1H3,(H,18,21)/b14-3-,19-15+. The van der Waals surface area contributed by atoms with Gasteiger partial charge in [0.15, 0.2) is 0 Å². The van der Waals surface area contributed by atoms with E-state index < -0.39 is 0 Å². The van der Waals surface area contributed by atoms with E-state index in [1.54, 1.807) is 35.4 Å². The Bertz CT molecular complexity index is 537. The van der Waals surface area contributed by atoms with E-state index in [2.05, 4.69) is 21.9 Å². The summed E-state index contributed by atoms with van der Waals surface area (Å²) in [5.41, 5.74) is 0.407. The van der Waals surface area contributed by atoms with Crippen molar-refractivity contribution in [2.45, 2.75) is 45.1 Å². The zero-order valence-corrected chi connectivity index (χ0v) is 12.5. The molecule has 1 fully saturated rings. The van der Waals surface area contributed by atoms with Gasteiger partial charge < -0.3 is 5.32 Å². The molecule has 0 aromatic carbocycles. The van der Waals surface area contributed by atoms with Crippen LogP contribution in [0.2, 0.25) is 0 Å². The maximum absolute atomic E-state index is 12.3. The molecule has 5 nitrogen and oxygen atoms in total. The van der Waals surface area contributed by atoms with Crippen LogP contribution >= 0.6 is 0 Å². The summed E-state index contributed by atoms with van der Waals surface area (Å²) in [5, 5.41) is 3.07. The molecule has 0 radical (unpaired) electrons. The Balaban J connectivity index is 2.08. The lowest BCUT2D eigenvalue weighted by molar-refractivity contribution is -0.118. The number of aliphatic imine (C=N–C) groups is 1. The first kappa shape index (κ1) is 15.2. The molecule has 1 N–H and O–H groups in total. The molecule has 5 heteroatoms. The van der Waals surface area contributed by atoms with Crippen molar-refractivity contribution in [3.63, 3.8) is 0 Å². The fourth-order valence-corrected chi connectivity index (χ4v) is 2.48. The summed E-state index contributed by atoms with van der Waals surface area (Å²) in [6.07, 6.45) is 14.2. The molecule has 0 unspecified atom stereocenters. The number of hydrogen-bond acceptors (Lipinski definition) is 3. The van der Waals surface area contributed by atoms with Crippen LogP contribution in [-0.2, 0) is 4.79 Å². The monoisotopic (exact) mass is 286 g/mol. The largest absolute Gasteiger partial charge is 0.348 e. The van der Waals surface area contributed by atoms with E-state index in [-0.39, 0.29) is 11.9 Å². The van der Waals surface area contributed by atoms with Gasteiger partial charge in [0.05, 0.1) is 0 Å². The van der Waals surface area contributed by atoms with Gasteiger partial charge >= 0.3 is 0 Å². The molecule has 1 aliphatic rings. The van der Waals surface area contributed by atoms with Gasteiger partial charge in [-0.25, -0.2) is 9.98 Å². The zero-order chi connectivity index (χ0) is 15.1. The molecular weight excluding hydrogens is 264 g/mol. The fourth-order valence-electron chi connectivity index (χ4n) is 2.48. The number of amides is 1. The molecule has 112 valence electrons. The van der Waals surface area contributed by atoms with Crippen molar-refractivity contribution < 1.29 is 4.79 Å². The number of hydrogen-bond donors (Lipinski definition) is 1. The molecule has 1 aromatic heterocycles. The lowest BCUT2D eigenvalue weighted by Gasteiger charge is -2.22. The van der Waals surface area contributed by atoms with Crippen molar-refractivity contribution in [3.05, 3.63) is 43.1 Å². The summed E-state index contributed by atoms with van der Waals surface area (Å²) in [5.74, 6) is 0.461. The number of nitrogens with one attached hydrogen (secondary N) is 1. The number of aromatic nitrogens is 2. The molecular formula is C16H22N4O. The molecule has 2 rings (SSSR count). The van der Waals surface area contributed by atoms with Crippen LogP contribution in [0.1, 0.15) is 39.0 Å². The topological polar surface area (TPSA) is 59.3 Å². The molecule has 0 bridgehead atoms. The molecule has 0 saturated heterocycles. The van der Waals surface area contributed by atoms with Crippen LogP contribution in [0.4, 0.5) is 0 Å². The van der Waals surface area contributed by atoms with Crippen LogP contribution in [0.15, 0.2) is 48.1 Å². The Kier molecular flexibility index (Phi) is 5.49. The van der Waals surface area contributed by atoms with E-state index in [9.17, 15) is 4.79 Å². The summed E-state index contributed by atoms with van der Waals surface area (Å²) in [7, 11) is 0. The molecule has 1 aromatic rings. The number of nitrogens with zero attached hydrogens (tertiary/aromatic N) is 3. The Labute approximate surface area is 125 Å². The number of allylic oxidation sites excluding steroid dienone is 2. The van der Waals surface area contributed by atoms with E-state index >= 15 is 0 Å². The fraction of sp³-hybridized carbons (Fsp3) is 0.438. The molecule has 1 heterocycles. The maximum Gasteiger partial charge on any atom is 0.269 e. The van der Waals surface area contributed by atoms with Crippen molar-refractivity contribution >= 4 is 11.7 Å². The highest BCUT2D eigenvalue weighted by Gasteiger charge is 2.17. The molecule has 1 saturated carbocycles. The van der Waals surface area contributed by atoms with Gasteiger partial charge in [-0.3, -0.25) is 9.36 Å². The third-order valence-electron chi connectivity index (χ3n) is 3.63. The summed E-state index contributed by atoms with van der Waals surface area (Å²) < 4.78 is 1.73. The van der Waals surface area contributed by atoms with Crippen molar-refractivity contribution in [2.75, 3.05) is 0 Å². The van der Waals surface area contributed by atoms with Gasteiger partial charge in [-0.05, 0) is 25.8 Å². The number of carbonyl (C=O) groups excluding carboxylic acids is 1. The van der Waals surface area contributed by atoms with Crippen LogP contribution in [0.3, 0.4) is 0 Å². The molecule has 21 heavy (non-hydrogen) atoms. The SMILES string of the molecule is C=C/C(=N\C(=C/C)C(=O)NC1CCCCC1)n1ccnc1. The third kappa shape index (κ3) is 4.15. The zero-order valence-electron chi connectivity index (χ0n) is 12.5. The van der Waals surface area contributed by atoms with Crippen LogP contribution in [0, 0.1) is 0 Å². The molecule has 1 aliphatic carbocycles. The first-order valence-electron chi connectivity index (χ1n) is 7.41. The summed E-state index contributed by atoms with van der Waals surface area (Å²) in [6, 6.07) is 0.275. The van der Waals surface area contributed by atoms with Gasteiger partial charge in [0.2, 0.25) is 0 Å². The second-order valence-electron chi connectivity index (χ2n) is 5.13. The minimum absolute atomic E-state index is 0.121. The van der Waals surface area contributed by atoms with Gasteiger partial charge in [-0.15, -0.1) is 0 Å². The Hall–Kier alpha value is -2.17. The van der Waals surface area contributed by atoms with Crippen molar-refractivity contribution in [2.24, 2.45) is 4.99 Å². The number of imidazole rings is 1. The normalized spacial score (nSPS) is 17.6. The molecule has 0 aliphatic heterocycles. The second kappa shape index (κ2) is 7.57.